The number of hydrogen-bond acceptors (Lipinski definition) is 3. The van der Waals surface area contributed by atoms with Gasteiger partial charge in [-0.1, -0.05) is 11.6 Å². The van der Waals surface area contributed by atoms with Crippen LogP contribution in [0.4, 0.5) is 13.2 Å². The first-order valence-electron chi connectivity index (χ1n) is 6.58. The standard InChI is InChI=1S/C14H16ClF3N2O/c1-19-4-6-20(7-5-19)9-13(21)11-8-10(14(16,17)18)2-3-12(11)15/h2-3,8H,4-7,9H2,1H3. The molecule has 1 fully saturated rings. The number of nitrogens with zero attached hydrogens (tertiary/aromatic N) is 2. The average Bonchev–Trinajstić information content (AvgIpc) is 2.40. The monoisotopic (exact) mass is 320 g/mol. The van der Waals surface area contributed by atoms with Crippen molar-refractivity contribution in [3.63, 3.8) is 0 Å². The Morgan fingerprint density at radius 3 is 2.43 bits per heavy atom. The highest BCUT2D eigenvalue weighted by Gasteiger charge is 2.31. The zero-order chi connectivity index (χ0) is 15.6. The number of carbonyl (C=O) groups excluding carboxylic acids is 1. The van der Waals surface area contributed by atoms with Crippen molar-refractivity contribution in [3.8, 4) is 0 Å². The van der Waals surface area contributed by atoms with Crippen molar-refractivity contribution in [1.82, 2.24) is 9.80 Å². The van der Waals surface area contributed by atoms with Crippen LogP contribution in [0.25, 0.3) is 0 Å². The van der Waals surface area contributed by atoms with Gasteiger partial charge in [-0.05, 0) is 25.2 Å². The number of alkyl halides is 3. The van der Waals surface area contributed by atoms with Crippen LogP contribution in [0.3, 0.4) is 0 Å². The number of rotatable bonds is 3. The summed E-state index contributed by atoms with van der Waals surface area (Å²) >= 11 is 5.87. The molecule has 0 radical (unpaired) electrons. The summed E-state index contributed by atoms with van der Waals surface area (Å²) in [6, 6.07) is 2.84. The van der Waals surface area contributed by atoms with E-state index in [0.717, 1.165) is 44.4 Å². The molecule has 0 N–H and O–H groups in total. The van der Waals surface area contributed by atoms with E-state index >= 15 is 0 Å². The maximum atomic E-state index is 12.7. The smallest absolute Gasteiger partial charge is 0.304 e. The molecule has 1 aliphatic heterocycles. The third kappa shape index (κ3) is 4.18. The molecular formula is C14H16ClF3N2O. The van der Waals surface area contributed by atoms with E-state index in [1.165, 1.54) is 0 Å². The van der Waals surface area contributed by atoms with Gasteiger partial charge in [-0.3, -0.25) is 9.69 Å². The van der Waals surface area contributed by atoms with Crippen LogP contribution in [0.15, 0.2) is 18.2 Å². The second-order valence-corrected chi connectivity index (χ2v) is 5.60. The van der Waals surface area contributed by atoms with Gasteiger partial charge in [0.15, 0.2) is 5.78 Å². The van der Waals surface area contributed by atoms with E-state index in [1.807, 2.05) is 11.9 Å². The first-order valence-corrected chi connectivity index (χ1v) is 6.96. The maximum Gasteiger partial charge on any atom is 0.416 e. The summed E-state index contributed by atoms with van der Waals surface area (Å²) in [5.41, 5.74) is -0.918. The highest BCUT2D eigenvalue weighted by atomic mass is 35.5. The Balaban J connectivity index is 2.11. The molecule has 0 atom stereocenters. The highest BCUT2D eigenvalue weighted by molar-refractivity contribution is 6.34. The fourth-order valence-electron chi connectivity index (χ4n) is 2.21. The van der Waals surface area contributed by atoms with Crippen molar-refractivity contribution in [1.29, 1.82) is 0 Å². The van der Waals surface area contributed by atoms with Crippen LogP contribution >= 0.6 is 11.6 Å². The number of ketones is 1. The molecule has 0 amide bonds. The third-order valence-electron chi connectivity index (χ3n) is 3.56. The molecule has 116 valence electrons. The molecule has 0 aromatic heterocycles. The Morgan fingerprint density at radius 2 is 1.86 bits per heavy atom. The molecule has 1 aromatic rings. The second-order valence-electron chi connectivity index (χ2n) is 5.19. The lowest BCUT2D eigenvalue weighted by Crippen LogP contribution is -2.46. The Labute approximate surface area is 126 Å². The lowest BCUT2D eigenvalue weighted by molar-refractivity contribution is -0.137. The molecule has 1 aromatic carbocycles. The highest BCUT2D eigenvalue weighted by Crippen LogP contribution is 2.32. The molecule has 2 rings (SSSR count). The minimum atomic E-state index is -4.48. The van der Waals surface area contributed by atoms with Crippen LogP contribution in [0, 0.1) is 0 Å². The van der Waals surface area contributed by atoms with Crippen LogP contribution in [-0.4, -0.2) is 55.4 Å². The molecule has 7 heteroatoms. The van der Waals surface area contributed by atoms with Crippen LogP contribution in [0.1, 0.15) is 15.9 Å². The molecule has 1 aliphatic rings. The van der Waals surface area contributed by atoms with E-state index < -0.39 is 11.7 Å². The second kappa shape index (κ2) is 6.34. The summed E-state index contributed by atoms with van der Waals surface area (Å²) in [4.78, 5) is 16.3. The quantitative estimate of drug-likeness (QED) is 0.800. The average molecular weight is 321 g/mol. The van der Waals surface area contributed by atoms with E-state index in [2.05, 4.69) is 4.90 Å². The van der Waals surface area contributed by atoms with E-state index in [9.17, 15) is 18.0 Å². The zero-order valence-corrected chi connectivity index (χ0v) is 12.3. The lowest BCUT2D eigenvalue weighted by atomic mass is 10.1. The summed E-state index contributed by atoms with van der Waals surface area (Å²) in [6.07, 6.45) is -4.48. The number of Topliss-reactive ketones (excluding diaryl/α,β-unsaturated/α-hetero) is 1. The predicted molar refractivity (Wildman–Crippen MR) is 74.7 cm³/mol. The SMILES string of the molecule is CN1CCN(CC(=O)c2cc(C(F)(F)F)ccc2Cl)CC1. The fraction of sp³-hybridized carbons (Fsp3) is 0.500. The van der Waals surface area contributed by atoms with E-state index in [-0.39, 0.29) is 22.9 Å². The van der Waals surface area contributed by atoms with Crippen molar-refractivity contribution in [2.75, 3.05) is 39.8 Å². The largest absolute Gasteiger partial charge is 0.416 e. The first-order chi connectivity index (χ1) is 9.77. The molecule has 0 spiro atoms. The molecule has 0 bridgehead atoms. The summed E-state index contributed by atoms with van der Waals surface area (Å²) in [5.74, 6) is -0.379. The maximum absolute atomic E-state index is 12.7. The molecule has 3 nitrogen and oxygen atoms in total. The van der Waals surface area contributed by atoms with Gasteiger partial charge in [-0.2, -0.15) is 13.2 Å². The number of hydrogen-bond donors (Lipinski definition) is 0. The summed E-state index contributed by atoms with van der Waals surface area (Å²) in [6.45, 7) is 3.21. The number of halogens is 4. The number of likely N-dealkylation sites (N-methyl/N-ethyl adjacent to an activating group) is 1. The van der Waals surface area contributed by atoms with Gasteiger partial charge < -0.3 is 4.90 Å². The van der Waals surface area contributed by atoms with Crippen molar-refractivity contribution in [2.24, 2.45) is 0 Å². The van der Waals surface area contributed by atoms with Gasteiger partial charge >= 0.3 is 6.18 Å². The predicted octanol–water partition coefficient (Wildman–Crippen LogP) is 2.79. The molecule has 1 saturated heterocycles. The minimum absolute atomic E-state index is 0.0575. The van der Waals surface area contributed by atoms with E-state index in [0.29, 0.717) is 0 Å². The molecular weight excluding hydrogens is 305 g/mol. The summed E-state index contributed by atoms with van der Waals surface area (Å²) < 4.78 is 38.1. The zero-order valence-electron chi connectivity index (χ0n) is 11.6. The van der Waals surface area contributed by atoms with Crippen LogP contribution in [0.2, 0.25) is 5.02 Å². The third-order valence-corrected chi connectivity index (χ3v) is 3.89. The van der Waals surface area contributed by atoms with Gasteiger partial charge in [0, 0.05) is 31.7 Å². The minimum Gasteiger partial charge on any atom is -0.304 e. The van der Waals surface area contributed by atoms with Gasteiger partial charge in [0.05, 0.1) is 17.1 Å². The van der Waals surface area contributed by atoms with Crippen molar-refractivity contribution < 1.29 is 18.0 Å². The Hall–Kier alpha value is -1.11. The van der Waals surface area contributed by atoms with E-state index in [1.54, 1.807) is 0 Å². The Morgan fingerprint density at radius 1 is 1.24 bits per heavy atom. The first kappa shape index (κ1) is 16.3. The number of piperazine rings is 1. The van der Waals surface area contributed by atoms with Crippen molar-refractivity contribution in [3.05, 3.63) is 34.3 Å². The Kier molecular flexibility index (Phi) is 4.91. The van der Waals surface area contributed by atoms with Crippen LogP contribution in [-0.2, 0) is 6.18 Å². The van der Waals surface area contributed by atoms with Gasteiger partial charge in [0.25, 0.3) is 0 Å². The fourth-order valence-corrected chi connectivity index (χ4v) is 2.43. The molecule has 0 unspecified atom stereocenters. The van der Waals surface area contributed by atoms with Gasteiger partial charge in [-0.25, -0.2) is 0 Å². The lowest BCUT2D eigenvalue weighted by Gasteiger charge is -2.31. The van der Waals surface area contributed by atoms with Crippen molar-refractivity contribution in [2.45, 2.75) is 6.18 Å². The van der Waals surface area contributed by atoms with Crippen molar-refractivity contribution >= 4 is 17.4 Å². The van der Waals surface area contributed by atoms with Crippen LogP contribution in [0.5, 0.6) is 0 Å². The van der Waals surface area contributed by atoms with Crippen LogP contribution < -0.4 is 0 Å². The number of benzene rings is 1. The van der Waals surface area contributed by atoms with Gasteiger partial charge in [0.1, 0.15) is 0 Å². The topological polar surface area (TPSA) is 23.6 Å². The summed E-state index contributed by atoms with van der Waals surface area (Å²) in [5, 5.41) is 0.0575. The Bertz CT molecular complexity index is 525. The van der Waals surface area contributed by atoms with Gasteiger partial charge in [-0.15, -0.1) is 0 Å². The van der Waals surface area contributed by atoms with Gasteiger partial charge in [0.2, 0.25) is 0 Å². The molecule has 0 saturated carbocycles. The number of carbonyl (C=O) groups is 1. The normalized spacial score (nSPS) is 18.0. The molecule has 0 aliphatic carbocycles. The molecule has 1 heterocycles. The van der Waals surface area contributed by atoms with E-state index in [4.69, 9.17) is 11.6 Å². The summed E-state index contributed by atoms with van der Waals surface area (Å²) in [7, 11) is 1.99. The molecule has 21 heavy (non-hydrogen) atoms.